The summed E-state index contributed by atoms with van der Waals surface area (Å²) in [4.78, 5) is 28.5. The number of carbonyl (C=O) groups excluding carboxylic acids is 2. The Labute approximate surface area is 128 Å². The highest BCUT2D eigenvalue weighted by molar-refractivity contribution is 5.93. The van der Waals surface area contributed by atoms with Gasteiger partial charge in [-0.25, -0.2) is 9.66 Å². The molecule has 22 heavy (non-hydrogen) atoms. The van der Waals surface area contributed by atoms with Crippen molar-refractivity contribution in [3.05, 3.63) is 30.6 Å². The zero-order valence-electron chi connectivity index (χ0n) is 12.6. The zero-order chi connectivity index (χ0) is 15.5. The molecule has 0 aliphatic heterocycles. The van der Waals surface area contributed by atoms with E-state index in [1.54, 1.807) is 17.9 Å². The summed E-state index contributed by atoms with van der Waals surface area (Å²) in [6.45, 7) is 1.70. The number of imidazole rings is 1. The number of nitrogens with zero attached hydrogens (tertiary/aromatic N) is 2. The highest BCUT2D eigenvalue weighted by Crippen LogP contribution is 2.24. The number of aromatic nitrogens is 2. The summed E-state index contributed by atoms with van der Waals surface area (Å²) in [5.74, 6) is -0.213. The monoisotopic (exact) mass is 300 g/mol. The smallest absolute Gasteiger partial charge is 0.261 e. The van der Waals surface area contributed by atoms with E-state index >= 15 is 0 Å². The standard InChI is InChI=1S/C16H20N4O2/c1-11(18-16(22)12-6-2-3-7-12)15(21)19-20-10-17-13-8-4-5-9-14(13)20/h4-5,8-12H,2-3,6-7H2,1H3,(H,18,22)(H,19,21). The van der Waals surface area contributed by atoms with Crippen molar-refractivity contribution in [2.75, 3.05) is 5.43 Å². The molecule has 1 aliphatic rings. The lowest BCUT2D eigenvalue weighted by molar-refractivity contribution is -0.129. The fraction of sp³-hybridized carbons (Fsp3) is 0.438. The number of fused-ring (bicyclic) bond motifs is 1. The topological polar surface area (TPSA) is 76.0 Å². The van der Waals surface area contributed by atoms with Crippen LogP contribution in [0.4, 0.5) is 0 Å². The average Bonchev–Trinajstić information content (AvgIpc) is 3.17. The number of carbonyl (C=O) groups is 2. The summed E-state index contributed by atoms with van der Waals surface area (Å²) >= 11 is 0. The van der Waals surface area contributed by atoms with Gasteiger partial charge in [-0.2, -0.15) is 0 Å². The number of hydrogen-bond acceptors (Lipinski definition) is 3. The molecule has 2 aromatic rings. The molecule has 1 unspecified atom stereocenters. The molecule has 1 aliphatic carbocycles. The van der Waals surface area contributed by atoms with Crippen LogP contribution in [0.5, 0.6) is 0 Å². The maximum absolute atomic E-state index is 12.2. The first-order valence-corrected chi connectivity index (χ1v) is 7.68. The number of rotatable bonds is 4. The van der Waals surface area contributed by atoms with Gasteiger partial charge < -0.3 is 5.32 Å². The van der Waals surface area contributed by atoms with E-state index in [1.165, 1.54) is 0 Å². The Balaban J connectivity index is 1.62. The molecular formula is C16H20N4O2. The molecule has 0 radical (unpaired) electrons. The summed E-state index contributed by atoms with van der Waals surface area (Å²) in [5.41, 5.74) is 4.40. The lowest BCUT2D eigenvalue weighted by Crippen LogP contribution is -2.45. The molecule has 0 spiro atoms. The van der Waals surface area contributed by atoms with Crippen LogP contribution in [0.2, 0.25) is 0 Å². The minimum absolute atomic E-state index is 0.0179. The van der Waals surface area contributed by atoms with Crippen molar-refractivity contribution in [1.29, 1.82) is 0 Å². The van der Waals surface area contributed by atoms with E-state index in [-0.39, 0.29) is 17.7 Å². The van der Waals surface area contributed by atoms with Gasteiger partial charge >= 0.3 is 0 Å². The van der Waals surface area contributed by atoms with Crippen LogP contribution < -0.4 is 10.7 Å². The molecule has 1 fully saturated rings. The predicted molar refractivity (Wildman–Crippen MR) is 83.7 cm³/mol. The third-order valence-corrected chi connectivity index (χ3v) is 4.16. The van der Waals surface area contributed by atoms with Crippen LogP contribution >= 0.6 is 0 Å². The van der Waals surface area contributed by atoms with Crippen molar-refractivity contribution in [3.8, 4) is 0 Å². The van der Waals surface area contributed by atoms with Gasteiger partial charge in [0, 0.05) is 5.92 Å². The van der Waals surface area contributed by atoms with E-state index in [4.69, 9.17) is 0 Å². The van der Waals surface area contributed by atoms with Crippen molar-refractivity contribution in [1.82, 2.24) is 15.0 Å². The molecular weight excluding hydrogens is 280 g/mol. The summed E-state index contributed by atoms with van der Waals surface area (Å²) < 4.78 is 1.58. The average molecular weight is 300 g/mol. The number of hydrogen-bond donors (Lipinski definition) is 2. The van der Waals surface area contributed by atoms with E-state index in [9.17, 15) is 9.59 Å². The Hall–Kier alpha value is -2.37. The largest absolute Gasteiger partial charge is 0.344 e. The maximum atomic E-state index is 12.2. The summed E-state index contributed by atoms with van der Waals surface area (Å²) in [7, 11) is 0. The third kappa shape index (κ3) is 2.95. The maximum Gasteiger partial charge on any atom is 0.261 e. The molecule has 1 aromatic carbocycles. The normalized spacial score (nSPS) is 16.6. The van der Waals surface area contributed by atoms with Crippen LogP contribution in [0, 0.1) is 5.92 Å². The van der Waals surface area contributed by atoms with E-state index < -0.39 is 6.04 Å². The second-order valence-electron chi connectivity index (χ2n) is 5.79. The molecule has 1 saturated carbocycles. The highest BCUT2D eigenvalue weighted by Gasteiger charge is 2.25. The van der Waals surface area contributed by atoms with Crippen LogP contribution in [0.25, 0.3) is 11.0 Å². The fourth-order valence-corrected chi connectivity index (χ4v) is 2.85. The summed E-state index contributed by atoms with van der Waals surface area (Å²) in [6.07, 6.45) is 5.60. The van der Waals surface area contributed by atoms with Crippen LogP contribution in [0.15, 0.2) is 30.6 Å². The first-order valence-electron chi connectivity index (χ1n) is 7.68. The fourth-order valence-electron chi connectivity index (χ4n) is 2.85. The lowest BCUT2D eigenvalue weighted by Gasteiger charge is -2.17. The number of para-hydroxylation sites is 2. The van der Waals surface area contributed by atoms with Gasteiger partial charge in [-0.15, -0.1) is 0 Å². The first-order chi connectivity index (χ1) is 10.6. The van der Waals surface area contributed by atoms with Crippen molar-refractivity contribution in [3.63, 3.8) is 0 Å². The van der Waals surface area contributed by atoms with Crippen LogP contribution in [-0.4, -0.2) is 27.5 Å². The van der Waals surface area contributed by atoms with E-state index in [1.807, 2.05) is 24.3 Å². The Morgan fingerprint density at radius 2 is 2.00 bits per heavy atom. The molecule has 3 rings (SSSR count). The molecule has 6 nitrogen and oxygen atoms in total. The van der Waals surface area contributed by atoms with Crippen molar-refractivity contribution in [2.24, 2.45) is 5.92 Å². The zero-order valence-corrected chi connectivity index (χ0v) is 12.6. The van der Waals surface area contributed by atoms with Gasteiger partial charge in [0.25, 0.3) is 5.91 Å². The van der Waals surface area contributed by atoms with E-state index in [0.29, 0.717) is 0 Å². The van der Waals surface area contributed by atoms with Crippen molar-refractivity contribution < 1.29 is 9.59 Å². The van der Waals surface area contributed by atoms with Crippen LogP contribution in [0.1, 0.15) is 32.6 Å². The minimum Gasteiger partial charge on any atom is -0.344 e. The Morgan fingerprint density at radius 1 is 1.27 bits per heavy atom. The molecule has 2 amide bonds. The highest BCUT2D eigenvalue weighted by atomic mass is 16.2. The van der Waals surface area contributed by atoms with Gasteiger partial charge in [0.15, 0.2) is 0 Å². The summed E-state index contributed by atoms with van der Waals surface area (Å²) in [5, 5.41) is 2.80. The lowest BCUT2D eigenvalue weighted by atomic mass is 10.1. The predicted octanol–water partition coefficient (Wildman–Crippen LogP) is 1.80. The van der Waals surface area contributed by atoms with Gasteiger partial charge in [-0.05, 0) is 31.9 Å². The molecule has 1 atom stereocenters. The molecule has 2 N–H and O–H groups in total. The number of amides is 2. The van der Waals surface area contributed by atoms with Crippen LogP contribution in [0.3, 0.4) is 0 Å². The first kappa shape index (κ1) is 14.6. The second kappa shape index (κ2) is 6.17. The van der Waals surface area contributed by atoms with Gasteiger partial charge in [-0.3, -0.25) is 15.0 Å². The minimum atomic E-state index is -0.575. The number of nitrogens with one attached hydrogen (secondary N) is 2. The van der Waals surface area contributed by atoms with Gasteiger partial charge in [0.2, 0.25) is 5.91 Å². The third-order valence-electron chi connectivity index (χ3n) is 4.16. The Bertz CT molecular complexity index is 688. The number of benzene rings is 1. The van der Waals surface area contributed by atoms with E-state index in [2.05, 4.69) is 15.7 Å². The molecule has 116 valence electrons. The molecule has 1 aromatic heterocycles. The van der Waals surface area contributed by atoms with Gasteiger partial charge in [0.05, 0.1) is 11.0 Å². The summed E-state index contributed by atoms with van der Waals surface area (Å²) in [6, 6.07) is 6.96. The second-order valence-corrected chi connectivity index (χ2v) is 5.79. The molecule has 0 bridgehead atoms. The quantitative estimate of drug-likeness (QED) is 0.904. The SMILES string of the molecule is CC(NC(=O)C1CCCC1)C(=O)Nn1cnc2ccccc21. The Kier molecular flexibility index (Phi) is 4.09. The molecule has 0 saturated heterocycles. The van der Waals surface area contributed by atoms with Crippen LogP contribution in [-0.2, 0) is 9.59 Å². The van der Waals surface area contributed by atoms with Crippen molar-refractivity contribution >= 4 is 22.8 Å². The Morgan fingerprint density at radius 3 is 2.77 bits per heavy atom. The van der Waals surface area contributed by atoms with Crippen molar-refractivity contribution in [2.45, 2.75) is 38.6 Å². The van der Waals surface area contributed by atoms with E-state index in [0.717, 1.165) is 36.7 Å². The molecule has 1 heterocycles. The van der Waals surface area contributed by atoms with Gasteiger partial charge in [0.1, 0.15) is 12.4 Å². The van der Waals surface area contributed by atoms with Gasteiger partial charge in [-0.1, -0.05) is 25.0 Å². The molecule has 6 heteroatoms.